The summed E-state index contributed by atoms with van der Waals surface area (Å²) in [6, 6.07) is 7.62. The third-order valence-electron chi connectivity index (χ3n) is 6.38. The number of carbonyl (C=O) groups excluding carboxylic acids is 1. The van der Waals surface area contributed by atoms with Crippen LogP contribution in [0.1, 0.15) is 44.1 Å². The van der Waals surface area contributed by atoms with E-state index in [9.17, 15) is 13.2 Å². The maximum atomic E-state index is 13.1. The van der Waals surface area contributed by atoms with Crippen LogP contribution in [0.5, 0.6) is 0 Å². The summed E-state index contributed by atoms with van der Waals surface area (Å²) in [6.45, 7) is 2.02. The monoisotopic (exact) mass is 425 g/mol. The van der Waals surface area contributed by atoms with E-state index in [1.807, 2.05) is 23.1 Å². The molecule has 4 rings (SSSR count). The summed E-state index contributed by atoms with van der Waals surface area (Å²) in [6.07, 6.45) is 5.70. The molecule has 1 saturated carbocycles. The van der Waals surface area contributed by atoms with Crippen molar-refractivity contribution in [2.75, 3.05) is 19.6 Å². The van der Waals surface area contributed by atoms with Crippen LogP contribution < -0.4 is 5.32 Å². The second-order valence-electron chi connectivity index (χ2n) is 8.26. The van der Waals surface area contributed by atoms with Crippen LogP contribution in [0.4, 0.5) is 4.79 Å². The number of likely N-dealkylation sites (tertiary alicyclic amines) is 1. The molecule has 1 aliphatic carbocycles. The highest BCUT2D eigenvalue weighted by Crippen LogP contribution is 2.35. The quantitative estimate of drug-likeness (QED) is 0.808. The van der Waals surface area contributed by atoms with Crippen LogP contribution in [-0.2, 0) is 16.6 Å². The van der Waals surface area contributed by atoms with Gasteiger partial charge in [0.1, 0.15) is 0 Å². The number of nitrogens with zero attached hydrogens (tertiary/aromatic N) is 2. The molecule has 3 fully saturated rings. The van der Waals surface area contributed by atoms with Gasteiger partial charge in [-0.2, -0.15) is 4.31 Å². The Morgan fingerprint density at radius 2 is 1.89 bits per heavy atom. The van der Waals surface area contributed by atoms with E-state index < -0.39 is 15.3 Å². The van der Waals surface area contributed by atoms with E-state index in [4.69, 9.17) is 11.6 Å². The van der Waals surface area contributed by atoms with Crippen molar-refractivity contribution >= 4 is 27.7 Å². The summed E-state index contributed by atoms with van der Waals surface area (Å²) in [7, 11) is -3.36. The topological polar surface area (TPSA) is 69.7 Å². The Kier molecular flexibility index (Phi) is 5.86. The van der Waals surface area contributed by atoms with Gasteiger partial charge in [-0.25, -0.2) is 13.2 Å². The zero-order valence-corrected chi connectivity index (χ0v) is 17.6. The van der Waals surface area contributed by atoms with Gasteiger partial charge in [-0.3, -0.25) is 0 Å². The SMILES string of the molecule is O=C(NC1CCCC1)N1CC[C@H]2CN(Cc3cccc(Cl)c3)S(=O)(=O)[C@@H]2CC1. The Morgan fingerprint density at radius 1 is 1.14 bits per heavy atom. The van der Waals surface area contributed by atoms with Crippen molar-refractivity contribution in [3.8, 4) is 0 Å². The molecule has 1 N–H and O–H groups in total. The number of urea groups is 1. The number of benzene rings is 1. The zero-order valence-electron chi connectivity index (χ0n) is 16.0. The van der Waals surface area contributed by atoms with Crippen molar-refractivity contribution in [2.45, 2.75) is 56.4 Å². The van der Waals surface area contributed by atoms with Crippen LogP contribution in [0.15, 0.2) is 24.3 Å². The average molecular weight is 426 g/mol. The van der Waals surface area contributed by atoms with Gasteiger partial charge in [0.15, 0.2) is 0 Å². The molecule has 2 atom stereocenters. The summed E-state index contributed by atoms with van der Waals surface area (Å²) in [5.41, 5.74) is 0.908. The lowest BCUT2D eigenvalue weighted by Crippen LogP contribution is -2.44. The average Bonchev–Trinajstić information content (AvgIpc) is 3.15. The van der Waals surface area contributed by atoms with E-state index in [0.29, 0.717) is 37.6 Å². The molecule has 3 aliphatic rings. The van der Waals surface area contributed by atoms with E-state index >= 15 is 0 Å². The lowest BCUT2D eigenvalue weighted by atomic mass is 10.0. The first-order valence-electron chi connectivity index (χ1n) is 10.2. The number of fused-ring (bicyclic) bond motifs is 1. The summed E-state index contributed by atoms with van der Waals surface area (Å²) in [5, 5.41) is 3.35. The summed E-state index contributed by atoms with van der Waals surface area (Å²) >= 11 is 6.04. The van der Waals surface area contributed by atoms with Crippen molar-refractivity contribution in [1.29, 1.82) is 0 Å². The van der Waals surface area contributed by atoms with Gasteiger partial charge in [-0.15, -0.1) is 0 Å². The van der Waals surface area contributed by atoms with Crippen LogP contribution in [0.3, 0.4) is 0 Å². The predicted molar refractivity (Wildman–Crippen MR) is 110 cm³/mol. The summed E-state index contributed by atoms with van der Waals surface area (Å²) < 4.78 is 27.8. The Hall–Kier alpha value is -1.31. The Labute approximate surface area is 172 Å². The van der Waals surface area contributed by atoms with E-state index in [1.165, 1.54) is 12.8 Å². The number of halogens is 1. The van der Waals surface area contributed by atoms with Crippen LogP contribution in [0, 0.1) is 5.92 Å². The van der Waals surface area contributed by atoms with E-state index in [0.717, 1.165) is 24.8 Å². The second-order valence-corrected chi connectivity index (χ2v) is 10.8. The molecule has 0 bridgehead atoms. The van der Waals surface area contributed by atoms with Crippen molar-refractivity contribution in [3.05, 3.63) is 34.9 Å². The van der Waals surface area contributed by atoms with Crippen LogP contribution in [0.25, 0.3) is 0 Å². The summed E-state index contributed by atoms with van der Waals surface area (Å²) in [4.78, 5) is 14.4. The molecule has 0 radical (unpaired) electrons. The normalized spacial score (nSPS) is 28.1. The molecule has 28 heavy (non-hydrogen) atoms. The maximum absolute atomic E-state index is 13.1. The molecule has 2 heterocycles. The molecule has 2 amide bonds. The third kappa shape index (κ3) is 4.16. The molecule has 8 heteroatoms. The molecule has 154 valence electrons. The Bertz CT molecular complexity index is 826. The molecule has 0 spiro atoms. The summed E-state index contributed by atoms with van der Waals surface area (Å²) in [5.74, 6) is 0.0773. The molecular weight excluding hydrogens is 398 g/mol. The minimum atomic E-state index is -3.36. The largest absolute Gasteiger partial charge is 0.335 e. The Morgan fingerprint density at radius 3 is 2.64 bits per heavy atom. The van der Waals surface area contributed by atoms with Gasteiger partial charge in [-0.05, 0) is 49.3 Å². The van der Waals surface area contributed by atoms with Crippen molar-refractivity contribution in [2.24, 2.45) is 5.92 Å². The molecular formula is C20H28ClN3O3S. The van der Waals surface area contributed by atoms with Gasteiger partial charge in [0.2, 0.25) is 10.0 Å². The van der Waals surface area contributed by atoms with E-state index in [2.05, 4.69) is 5.32 Å². The first kappa shape index (κ1) is 20.0. The molecule has 0 aromatic heterocycles. The first-order chi connectivity index (χ1) is 13.4. The fourth-order valence-electron chi connectivity index (χ4n) is 4.83. The molecule has 1 aromatic carbocycles. The van der Waals surface area contributed by atoms with Gasteiger partial charge < -0.3 is 10.2 Å². The van der Waals surface area contributed by atoms with E-state index in [-0.39, 0.29) is 18.0 Å². The van der Waals surface area contributed by atoms with Crippen LogP contribution in [0.2, 0.25) is 5.02 Å². The smallest absolute Gasteiger partial charge is 0.317 e. The fraction of sp³-hybridized carbons (Fsp3) is 0.650. The standard InChI is InChI=1S/C20H28ClN3O3S/c21-17-5-3-4-15(12-17)13-24-14-16-8-10-23(11-9-19(16)28(24,26)27)20(25)22-18-6-1-2-7-18/h3-5,12,16,18-19H,1-2,6-11,13-14H2,(H,22,25)/t16-,19+/m0/s1. The van der Waals surface area contributed by atoms with Crippen LogP contribution in [-0.4, -0.2) is 54.6 Å². The lowest BCUT2D eigenvalue weighted by Gasteiger charge is -2.24. The van der Waals surface area contributed by atoms with Gasteiger partial charge in [-0.1, -0.05) is 36.6 Å². The third-order valence-corrected chi connectivity index (χ3v) is 9.00. The number of nitrogens with one attached hydrogen (secondary N) is 1. The van der Waals surface area contributed by atoms with Crippen molar-refractivity contribution < 1.29 is 13.2 Å². The molecule has 2 aliphatic heterocycles. The van der Waals surface area contributed by atoms with Crippen molar-refractivity contribution in [3.63, 3.8) is 0 Å². The molecule has 0 unspecified atom stereocenters. The van der Waals surface area contributed by atoms with Gasteiger partial charge in [0.25, 0.3) is 0 Å². The van der Waals surface area contributed by atoms with E-state index in [1.54, 1.807) is 10.4 Å². The highest BCUT2D eigenvalue weighted by atomic mass is 35.5. The number of sulfonamides is 1. The lowest BCUT2D eigenvalue weighted by molar-refractivity contribution is 0.194. The number of amides is 2. The minimum Gasteiger partial charge on any atom is -0.335 e. The maximum Gasteiger partial charge on any atom is 0.317 e. The van der Waals surface area contributed by atoms with Crippen LogP contribution >= 0.6 is 11.6 Å². The first-order valence-corrected chi connectivity index (χ1v) is 12.1. The zero-order chi connectivity index (χ0) is 19.7. The number of hydrogen-bond donors (Lipinski definition) is 1. The Balaban J connectivity index is 1.39. The van der Waals surface area contributed by atoms with Gasteiger partial charge >= 0.3 is 6.03 Å². The highest BCUT2D eigenvalue weighted by Gasteiger charge is 2.47. The molecule has 2 saturated heterocycles. The fourth-order valence-corrected chi connectivity index (χ4v) is 7.26. The molecule has 6 nitrogen and oxygen atoms in total. The minimum absolute atomic E-state index is 0.0277. The number of rotatable bonds is 3. The molecule has 1 aromatic rings. The number of carbonyl (C=O) groups is 1. The second kappa shape index (κ2) is 8.20. The van der Waals surface area contributed by atoms with Gasteiger partial charge in [0.05, 0.1) is 5.25 Å². The van der Waals surface area contributed by atoms with Crippen molar-refractivity contribution in [1.82, 2.24) is 14.5 Å². The van der Waals surface area contributed by atoms with Gasteiger partial charge in [0, 0.05) is 37.2 Å². The predicted octanol–water partition coefficient (Wildman–Crippen LogP) is 3.22. The number of hydrogen-bond acceptors (Lipinski definition) is 3. The highest BCUT2D eigenvalue weighted by molar-refractivity contribution is 7.90.